The van der Waals surface area contributed by atoms with Gasteiger partial charge in [0.1, 0.15) is 5.69 Å². The van der Waals surface area contributed by atoms with Crippen LogP contribution in [0.3, 0.4) is 0 Å². The van der Waals surface area contributed by atoms with Crippen molar-refractivity contribution < 1.29 is 9.59 Å². The van der Waals surface area contributed by atoms with E-state index in [0.29, 0.717) is 16.9 Å². The van der Waals surface area contributed by atoms with Crippen molar-refractivity contribution in [3.63, 3.8) is 0 Å². The topological polar surface area (TPSA) is 71.1 Å². The molecular weight excluding hydrogens is 290 g/mol. The van der Waals surface area contributed by atoms with Gasteiger partial charge in [-0.25, -0.2) is 4.98 Å². The maximum absolute atomic E-state index is 12.2. The van der Waals surface area contributed by atoms with Gasteiger partial charge in [-0.15, -0.1) is 0 Å². The fraction of sp³-hybridized carbons (Fsp3) is 0.278. The minimum absolute atomic E-state index is 0.0446. The van der Waals surface area contributed by atoms with Crippen LogP contribution in [0.25, 0.3) is 0 Å². The highest BCUT2D eigenvalue weighted by Crippen LogP contribution is 2.15. The maximum Gasteiger partial charge on any atom is 0.274 e. The fourth-order valence-corrected chi connectivity index (χ4v) is 2.05. The molecule has 120 valence electrons. The number of pyridine rings is 1. The number of ketones is 1. The molecule has 0 saturated carbocycles. The van der Waals surface area contributed by atoms with E-state index in [9.17, 15) is 9.59 Å². The Morgan fingerprint density at radius 3 is 2.35 bits per heavy atom. The molecule has 1 heterocycles. The van der Waals surface area contributed by atoms with E-state index in [0.717, 1.165) is 5.69 Å². The molecule has 23 heavy (non-hydrogen) atoms. The van der Waals surface area contributed by atoms with Crippen molar-refractivity contribution in [2.45, 2.75) is 33.2 Å². The van der Waals surface area contributed by atoms with Crippen LogP contribution in [-0.2, 0) is 0 Å². The summed E-state index contributed by atoms with van der Waals surface area (Å²) in [6, 6.07) is 10.3. The molecule has 1 aromatic heterocycles. The number of hydrogen-bond donors (Lipinski definition) is 2. The molecule has 5 heteroatoms. The number of rotatable bonds is 4. The Morgan fingerprint density at radius 2 is 1.78 bits per heavy atom. The SMILES string of the molecule is CC(=O)c1cccc(NC(=O)c2ccc(NC(C)(C)C)cn2)c1. The largest absolute Gasteiger partial charge is 0.379 e. The Labute approximate surface area is 136 Å². The summed E-state index contributed by atoms with van der Waals surface area (Å²) in [6.07, 6.45) is 1.63. The molecule has 2 N–H and O–H groups in total. The average Bonchev–Trinajstić information content (AvgIpc) is 2.46. The second kappa shape index (κ2) is 6.60. The minimum atomic E-state index is -0.312. The van der Waals surface area contributed by atoms with E-state index in [2.05, 4.69) is 36.4 Å². The van der Waals surface area contributed by atoms with Gasteiger partial charge in [0.05, 0.1) is 11.9 Å². The highest BCUT2D eigenvalue weighted by Gasteiger charge is 2.12. The summed E-state index contributed by atoms with van der Waals surface area (Å²) in [6.45, 7) is 7.64. The number of amides is 1. The monoisotopic (exact) mass is 311 g/mol. The number of hydrogen-bond acceptors (Lipinski definition) is 4. The predicted octanol–water partition coefficient (Wildman–Crippen LogP) is 3.75. The molecule has 0 aliphatic heterocycles. The van der Waals surface area contributed by atoms with Crippen molar-refractivity contribution in [2.75, 3.05) is 10.6 Å². The van der Waals surface area contributed by atoms with Crippen molar-refractivity contribution in [1.29, 1.82) is 0 Å². The van der Waals surface area contributed by atoms with E-state index >= 15 is 0 Å². The Balaban J connectivity index is 2.09. The average molecular weight is 311 g/mol. The van der Waals surface area contributed by atoms with Crippen LogP contribution >= 0.6 is 0 Å². The summed E-state index contributed by atoms with van der Waals surface area (Å²) in [5.41, 5.74) is 2.23. The highest BCUT2D eigenvalue weighted by molar-refractivity contribution is 6.04. The van der Waals surface area contributed by atoms with Gasteiger partial charge in [-0.1, -0.05) is 12.1 Å². The fourth-order valence-electron chi connectivity index (χ4n) is 2.05. The Morgan fingerprint density at radius 1 is 1.04 bits per heavy atom. The first kappa shape index (κ1) is 16.7. The van der Waals surface area contributed by atoms with Crippen molar-refractivity contribution in [1.82, 2.24) is 4.98 Å². The molecule has 1 amide bonds. The molecule has 0 atom stereocenters. The molecule has 0 aliphatic rings. The molecule has 0 aliphatic carbocycles. The molecule has 5 nitrogen and oxygen atoms in total. The third-order valence-electron chi connectivity index (χ3n) is 3.04. The lowest BCUT2D eigenvalue weighted by Gasteiger charge is -2.21. The molecule has 2 aromatic rings. The maximum atomic E-state index is 12.2. The Bertz CT molecular complexity index is 716. The van der Waals surface area contributed by atoms with Gasteiger partial charge < -0.3 is 10.6 Å². The first-order chi connectivity index (χ1) is 10.7. The van der Waals surface area contributed by atoms with Crippen LogP contribution in [0.4, 0.5) is 11.4 Å². The number of benzene rings is 1. The van der Waals surface area contributed by atoms with Gasteiger partial charge in [0.15, 0.2) is 5.78 Å². The highest BCUT2D eigenvalue weighted by atomic mass is 16.2. The van der Waals surface area contributed by atoms with Crippen LogP contribution in [-0.4, -0.2) is 22.2 Å². The van der Waals surface area contributed by atoms with E-state index < -0.39 is 0 Å². The lowest BCUT2D eigenvalue weighted by Crippen LogP contribution is -2.26. The Hall–Kier alpha value is -2.69. The first-order valence-corrected chi connectivity index (χ1v) is 7.41. The molecule has 0 saturated heterocycles. The van der Waals surface area contributed by atoms with E-state index in [-0.39, 0.29) is 17.2 Å². The molecule has 1 aromatic carbocycles. The van der Waals surface area contributed by atoms with Gasteiger partial charge in [-0.2, -0.15) is 0 Å². The third kappa shape index (κ3) is 4.92. The first-order valence-electron chi connectivity index (χ1n) is 7.41. The van der Waals surface area contributed by atoms with E-state index in [1.807, 2.05) is 6.07 Å². The molecular formula is C18H21N3O2. The van der Waals surface area contributed by atoms with Gasteiger partial charge >= 0.3 is 0 Å². The van der Waals surface area contributed by atoms with Gasteiger partial charge in [0.25, 0.3) is 5.91 Å². The second-order valence-corrected chi connectivity index (χ2v) is 6.40. The van der Waals surface area contributed by atoms with E-state index in [4.69, 9.17) is 0 Å². The normalized spacial score (nSPS) is 11.0. The van der Waals surface area contributed by atoms with E-state index in [1.54, 1.807) is 36.5 Å². The third-order valence-corrected chi connectivity index (χ3v) is 3.04. The summed E-state index contributed by atoms with van der Waals surface area (Å²) in [7, 11) is 0. The number of Topliss-reactive ketones (excluding diaryl/α,β-unsaturated/α-hetero) is 1. The van der Waals surface area contributed by atoms with Gasteiger partial charge in [-0.3, -0.25) is 9.59 Å². The van der Waals surface area contributed by atoms with Gasteiger partial charge in [0.2, 0.25) is 0 Å². The van der Waals surface area contributed by atoms with Crippen LogP contribution < -0.4 is 10.6 Å². The lowest BCUT2D eigenvalue weighted by atomic mass is 10.1. The number of carbonyl (C=O) groups excluding carboxylic acids is 2. The van der Waals surface area contributed by atoms with Gasteiger partial charge in [0, 0.05) is 16.8 Å². The smallest absolute Gasteiger partial charge is 0.274 e. The van der Waals surface area contributed by atoms with Crippen molar-refractivity contribution in [3.8, 4) is 0 Å². The summed E-state index contributed by atoms with van der Waals surface area (Å²) < 4.78 is 0. The number of carbonyl (C=O) groups is 2. The summed E-state index contributed by atoms with van der Waals surface area (Å²) in [5, 5.41) is 6.03. The molecule has 2 rings (SSSR count). The van der Waals surface area contributed by atoms with Crippen LogP contribution in [0.15, 0.2) is 42.6 Å². The van der Waals surface area contributed by atoms with Crippen LogP contribution in [0.2, 0.25) is 0 Å². The summed E-state index contributed by atoms with van der Waals surface area (Å²) >= 11 is 0. The van der Waals surface area contributed by atoms with Crippen molar-refractivity contribution in [2.24, 2.45) is 0 Å². The predicted molar refractivity (Wildman–Crippen MR) is 92.0 cm³/mol. The van der Waals surface area contributed by atoms with Crippen LogP contribution in [0, 0.1) is 0 Å². The van der Waals surface area contributed by atoms with Crippen molar-refractivity contribution >= 4 is 23.1 Å². The van der Waals surface area contributed by atoms with Crippen LogP contribution in [0.1, 0.15) is 48.5 Å². The van der Waals surface area contributed by atoms with Crippen LogP contribution in [0.5, 0.6) is 0 Å². The molecule has 0 bridgehead atoms. The van der Waals surface area contributed by atoms with Gasteiger partial charge in [-0.05, 0) is 52.0 Å². The standard InChI is InChI=1S/C18H21N3O2/c1-12(22)13-6-5-7-14(10-13)20-17(23)16-9-8-15(11-19-16)21-18(2,3)4/h5-11,21H,1-4H3,(H,20,23). The van der Waals surface area contributed by atoms with E-state index in [1.165, 1.54) is 6.92 Å². The second-order valence-electron chi connectivity index (χ2n) is 6.40. The Kier molecular flexibility index (Phi) is 4.79. The number of anilines is 2. The molecule has 0 fully saturated rings. The molecule has 0 radical (unpaired) electrons. The molecule has 0 unspecified atom stereocenters. The number of aromatic nitrogens is 1. The zero-order valence-electron chi connectivity index (χ0n) is 13.8. The summed E-state index contributed by atoms with van der Waals surface area (Å²) in [5.74, 6) is -0.357. The number of nitrogens with zero attached hydrogens (tertiary/aromatic N) is 1. The molecule has 0 spiro atoms. The van der Waals surface area contributed by atoms with Crippen molar-refractivity contribution in [3.05, 3.63) is 53.9 Å². The zero-order chi connectivity index (χ0) is 17.0. The quantitative estimate of drug-likeness (QED) is 0.844. The number of nitrogens with one attached hydrogen (secondary N) is 2. The summed E-state index contributed by atoms with van der Waals surface area (Å²) in [4.78, 5) is 27.8. The zero-order valence-corrected chi connectivity index (χ0v) is 13.8. The lowest BCUT2D eigenvalue weighted by molar-refractivity contribution is 0.100. The minimum Gasteiger partial charge on any atom is -0.379 e.